The quantitative estimate of drug-likeness (QED) is 0.656. The number of hydrogen-bond acceptors (Lipinski definition) is 4. The van der Waals surface area contributed by atoms with Crippen LogP contribution in [-0.4, -0.2) is 29.8 Å². The van der Waals surface area contributed by atoms with Crippen molar-refractivity contribution >= 4 is 35.4 Å². The fourth-order valence-electron chi connectivity index (χ4n) is 2.95. The fraction of sp³-hybridized carbons (Fsp3) is 0.278. The molecule has 1 aromatic heterocycles. The Balaban J connectivity index is 1.96. The summed E-state index contributed by atoms with van der Waals surface area (Å²) < 4.78 is 0.357. The van der Waals surface area contributed by atoms with Crippen LogP contribution in [0, 0.1) is 4.64 Å². The van der Waals surface area contributed by atoms with Gasteiger partial charge in [0.1, 0.15) is 10.5 Å². The van der Waals surface area contributed by atoms with Gasteiger partial charge in [-0.15, -0.1) is 0 Å². The number of nitrogens with zero attached hydrogens (tertiary/aromatic N) is 1. The molecule has 0 saturated carbocycles. The maximum absolute atomic E-state index is 12.3. The Kier molecular flexibility index (Phi) is 4.76. The number of carbonyl (C=O) groups is 2. The number of pyridine rings is 1. The van der Waals surface area contributed by atoms with Gasteiger partial charge in [-0.1, -0.05) is 30.4 Å². The van der Waals surface area contributed by atoms with E-state index in [1.165, 1.54) is 6.92 Å². The van der Waals surface area contributed by atoms with Crippen LogP contribution < -0.4 is 10.2 Å². The molecule has 3 rings (SSSR count). The molecule has 1 saturated heterocycles. The van der Waals surface area contributed by atoms with Gasteiger partial charge in [-0.2, -0.15) is 0 Å². The number of H-pyrrole nitrogens is 1. The number of rotatable bonds is 4. The normalized spacial score (nSPS) is 13.8. The number of ketones is 1. The van der Waals surface area contributed by atoms with Gasteiger partial charge in [-0.25, -0.2) is 0 Å². The highest BCUT2D eigenvalue weighted by Gasteiger charge is 2.20. The van der Waals surface area contributed by atoms with Crippen LogP contribution in [0.3, 0.4) is 0 Å². The van der Waals surface area contributed by atoms with Gasteiger partial charge in [0.05, 0.1) is 11.3 Å². The number of Topliss-reactive ketones (excluding diaryl/α,β-unsaturated/α-hetero) is 1. The van der Waals surface area contributed by atoms with E-state index >= 15 is 0 Å². The topological polar surface area (TPSA) is 65.2 Å². The minimum atomic E-state index is -0.218. The maximum atomic E-state index is 12.3. The molecule has 1 aromatic carbocycles. The van der Waals surface area contributed by atoms with E-state index in [4.69, 9.17) is 12.2 Å². The molecule has 2 heterocycles. The zero-order valence-electron chi connectivity index (χ0n) is 13.5. The summed E-state index contributed by atoms with van der Waals surface area (Å²) >= 11 is 5.35. The van der Waals surface area contributed by atoms with Crippen molar-refractivity contribution in [2.45, 2.75) is 19.8 Å². The first kappa shape index (κ1) is 16.4. The van der Waals surface area contributed by atoms with Crippen LogP contribution in [0.15, 0.2) is 36.4 Å². The smallest absolute Gasteiger partial charge is 0.256 e. The van der Waals surface area contributed by atoms with Crippen molar-refractivity contribution in [3.63, 3.8) is 0 Å². The van der Waals surface area contributed by atoms with E-state index in [9.17, 15) is 9.59 Å². The van der Waals surface area contributed by atoms with Gasteiger partial charge in [0.15, 0.2) is 5.78 Å². The molecular weight excluding hydrogens is 322 g/mol. The van der Waals surface area contributed by atoms with Crippen molar-refractivity contribution in [3.05, 3.63) is 52.2 Å². The lowest BCUT2D eigenvalue weighted by Crippen LogP contribution is -2.22. The monoisotopic (exact) mass is 341 g/mol. The Morgan fingerprint density at radius 2 is 1.83 bits per heavy atom. The molecule has 6 heteroatoms. The lowest BCUT2D eigenvalue weighted by atomic mass is 10.1. The average Bonchev–Trinajstić information content (AvgIpc) is 3.09. The molecule has 1 aliphatic rings. The van der Waals surface area contributed by atoms with E-state index in [2.05, 4.69) is 15.2 Å². The Morgan fingerprint density at radius 1 is 1.17 bits per heavy atom. The number of nitrogens with one attached hydrogen (secondary N) is 2. The Bertz CT molecular complexity index is 824. The number of hydrogen-bond donors (Lipinski definition) is 2. The molecule has 0 atom stereocenters. The van der Waals surface area contributed by atoms with Gasteiger partial charge < -0.3 is 15.2 Å². The minimum Gasteiger partial charge on any atom is -0.371 e. The molecule has 0 aliphatic carbocycles. The number of aromatic amines is 1. The first-order valence-corrected chi connectivity index (χ1v) is 8.36. The number of anilines is 2. The van der Waals surface area contributed by atoms with Crippen LogP contribution in [0.4, 0.5) is 11.5 Å². The van der Waals surface area contributed by atoms with E-state index in [0.29, 0.717) is 21.6 Å². The summed E-state index contributed by atoms with van der Waals surface area (Å²) in [6.45, 7) is 3.30. The van der Waals surface area contributed by atoms with E-state index in [1.807, 2.05) is 18.2 Å². The highest BCUT2D eigenvalue weighted by molar-refractivity contribution is 7.71. The van der Waals surface area contributed by atoms with Crippen LogP contribution in [0.5, 0.6) is 0 Å². The van der Waals surface area contributed by atoms with E-state index in [1.54, 1.807) is 18.2 Å². The van der Waals surface area contributed by atoms with E-state index in [-0.39, 0.29) is 11.7 Å². The van der Waals surface area contributed by atoms with Crippen molar-refractivity contribution in [1.29, 1.82) is 0 Å². The van der Waals surface area contributed by atoms with Gasteiger partial charge in [-0.3, -0.25) is 9.59 Å². The van der Waals surface area contributed by atoms with Crippen molar-refractivity contribution in [2.24, 2.45) is 0 Å². The van der Waals surface area contributed by atoms with Crippen LogP contribution >= 0.6 is 12.2 Å². The summed E-state index contributed by atoms with van der Waals surface area (Å²) in [5.74, 6) is 0.212. The highest BCUT2D eigenvalue weighted by Crippen LogP contribution is 2.28. The molecule has 1 aliphatic heterocycles. The molecule has 2 aromatic rings. The molecule has 0 radical (unpaired) electrons. The summed E-state index contributed by atoms with van der Waals surface area (Å²) in [6, 6.07) is 10.8. The van der Waals surface area contributed by atoms with Crippen LogP contribution in [0.25, 0.3) is 0 Å². The molecule has 2 N–H and O–H groups in total. The summed E-state index contributed by atoms with van der Waals surface area (Å²) in [6.07, 6.45) is 2.18. The van der Waals surface area contributed by atoms with E-state index < -0.39 is 0 Å². The zero-order chi connectivity index (χ0) is 17.1. The number of aromatic nitrogens is 1. The molecule has 0 spiro atoms. The molecule has 24 heavy (non-hydrogen) atoms. The third kappa shape index (κ3) is 3.38. The second-order valence-corrected chi connectivity index (χ2v) is 6.25. The third-order valence-electron chi connectivity index (χ3n) is 4.10. The summed E-state index contributed by atoms with van der Waals surface area (Å²) in [4.78, 5) is 29.4. The maximum Gasteiger partial charge on any atom is 0.256 e. The predicted octanol–water partition coefficient (Wildman–Crippen LogP) is 3.80. The van der Waals surface area contributed by atoms with Crippen molar-refractivity contribution in [2.75, 3.05) is 23.3 Å². The summed E-state index contributed by atoms with van der Waals surface area (Å²) in [7, 11) is 0. The third-order valence-corrected chi connectivity index (χ3v) is 4.40. The summed E-state index contributed by atoms with van der Waals surface area (Å²) in [5.41, 5.74) is 1.88. The highest BCUT2D eigenvalue weighted by atomic mass is 32.1. The van der Waals surface area contributed by atoms with Crippen LogP contribution in [0.1, 0.15) is 40.5 Å². The second-order valence-electron chi connectivity index (χ2n) is 5.84. The first-order chi connectivity index (χ1) is 11.6. The van der Waals surface area contributed by atoms with Gasteiger partial charge in [0, 0.05) is 24.7 Å². The SMILES string of the molecule is CC(=O)c1c(N2CCCC2)cc(NC(=O)c2ccccc2)[nH]c1=S. The van der Waals surface area contributed by atoms with Crippen molar-refractivity contribution in [1.82, 2.24) is 4.98 Å². The van der Waals surface area contributed by atoms with Gasteiger partial charge in [0.2, 0.25) is 0 Å². The largest absolute Gasteiger partial charge is 0.371 e. The van der Waals surface area contributed by atoms with Crippen molar-refractivity contribution < 1.29 is 9.59 Å². The first-order valence-electron chi connectivity index (χ1n) is 7.96. The molecule has 1 fully saturated rings. The number of amides is 1. The Labute approximate surface area is 145 Å². The average molecular weight is 341 g/mol. The lowest BCUT2D eigenvalue weighted by Gasteiger charge is -2.21. The lowest BCUT2D eigenvalue weighted by molar-refractivity contribution is 0.101. The van der Waals surface area contributed by atoms with Crippen molar-refractivity contribution in [3.8, 4) is 0 Å². The van der Waals surface area contributed by atoms with Crippen LogP contribution in [0.2, 0.25) is 0 Å². The predicted molar refractivity (Wildman–Crippen MR) is 97.5 cm³/mol. The summed E-state index contributed by atoms with van der Waals surface area (Å²) in [5, 5.41) is 2.83. The molecule has 0 bridgehead atoms. The van der Waals surface area contributed by atoms with Gasteiger partial charge >= 0.3 is 0 Å². The molecule has 1 amide bonds. The Morgan fingerprint density at radius 3 is 2.46 bits per heavy atom. The van der Waals surface area contributed by atoms with Gasteiger partial charge in [0.25, 0.3) is 5.91 Å². The standard InChI is InChI=1S/C18H19N3O2S/c1-12(22)16-14(21-9-5-6-10-21)11-15(20-18(16)24)19-17(23)13-7-3-2-4-8-13/h2-4,7-8,11H,5-6,9-10H2,1H3,(H2,19,20,23,24). The molecule has 5 nitrogen and oxygen atoms in total. The molecule has 0 unspecified atom stereocenters. The molecule has 124 valence electrons. The molecular formula is C18H19N3O2S. The minimum absolute atomic E-state index is 0.0703. The Hall–Kier alpha value is -2.47. The number of benzene rings is 1. The van der Waals surface area contributed by atoms with Crippen LogP contribution in [-0.2, 0) is 0 Å². The van der Waals surface area contributed by atoms with Gasteiger partial charge in [-0.05, 0) is 31.9 Å². The number of carbonyl (C=O) groups excluding carboxylic acids is 2. The zero-order valence-corrected chi connectivity index (χ0v) is 14.3. The van der Waals surface area contributed by atoms with E-state index in [0.717, 1.165) is 31.6 Å². The fourth-order valence-corrected chi connectivity index (χ4v) is 3.30. The second kappa shape index (κ2) is 6.97.